The van der Waals surface area contributed by atoms with Crippen molar-refractivity contribution in [1.29, 1.82) is 0 Å². The first-order valence-electron chi connectivity index (χ1n) is 7.02. The van der Waals surface area contributed by atoms with Crippen LogP contribution in [0.25, 0.3) is 22.0 Å². The van der Waals surface area contributed by atoms with Crippen LogP contribution in [-0.2, 0) is 0 Å². The van der Waals surface area contributed by atoms with Crippen molar-refractivity contribution in [2.24, 2.45) is 0 Å². The van der Waals surface area contributed by atoms with Crippen LogP contribution >= 0.6 is 12.4 Å². The molecule has 2 N–H and O–H groups in total. The number of nitrogens with two attached hydrogens (primary N) is 1. The van der Waals surface area contributed by atoms with Crippen LogP contribution in [0.3, 0.4) is 0 Å². The normalized spacial score (nSPS) is 10.2. The molecule has 0 atom stereocenters. The Morgan fingerprint density at radius 2 is 1.61 bits per heavy atom. The van der Waals surface area contributed by atoms with Gasteiger partial charge in [0.2, 0.25) is 0 Å². The van der Waals surface area contributed by atoms with Crippen molar-refractivity contribution in [3.63, 3.8) is 0 Å². The maximum atomic E-state index is 6.15. The van der Waals surface area contributed by atoms with Gasteiger partial charge >= 0.3 is 0 Å². The van der Waals surface area contributed by atoms with Gasteiger partial charge in [-0.3, -0.25) is 0 Å². The van der Waals surface area contributed by atoms with Gasteiger partial charge in [-0.25, -0.2) is 4.98 Å². The summed E-state index contributed by atoms with van der Waals surface area (Å²) < 4.78 is 10.7. The van der Waals surface area contributed by atoms with Gasteiger partial charge in [0.15, 0.2) is 11.5 Å². The lowest BCUT2D eigenvalue weighted by molar-refractivity contribution is 0.356. The smallest absolute Gasteiger partial charge is 0.161 e. The zero-order chi connectivity index (χ0) is 15.7. The number of nitrogens with zero attached hydrogens (tertiary/aromatic N) is 1. The molecule has 0 aliphatic heterocycles. The van der Waals surface area contributed by atoms with Crippen LogP contribution in [0.2, 0.25) is 0 Å². The second-order valence-corrected chi connectivity index (χ2v) is 5.14. The molecular weight excluding hydrogens is 312 g/mol. The molecule has 0 spiro atoms. The van der Waals surface area contributed by atoms with E-state index in [9.17, 15) is 0 Å². The standard InChI is InChI=1S/C18H18N2O2.ClH/c1-11-6-4-5-7-13(11)15-8-12-9-16(21-2)17(22-3)10-14(12)18(19)20-15;/h4-10H,1-3H3,(H2,19,20);1H. The van der Waals surface area contributed by atoms with E-state index in [4.69, 9.17) is 15.2 Å². The molecule has 0 saturated heterocycles. The Morgan fingerprint density at radius 3 is 2.26 bits per heavy atom. The van der Waals surface area contributed by atoms with E-state index in [1.165, 1.54) is 0 Å². The Hall–Kier alpha value is -2.46. The van der Waals surface area contributed by atoms with Crippen LogP contribution in [0, 0.1) is 6.92 Å². The average molecular weight is 331 g/mol. The molecule has 0 amide bonds. The Balaban J connectivity index is 0.00000192. The first-order valence-corrected chi connectivity index (χ1v) is 7.02. The van der Waals surface area contributed by atoms with Gasteiger partial charge in [0.1, 0.15) is 5.82 Å². The number of anilines is 1. The quantitative estimate of drug-likeness (QED) is 0.780. The predicted molar refractivity (Wildman–Crippen MR) is 96.7 cm³/mol. The number of benzene rings is 2. The molecule has 0 aliphatic rings. The number of hydrogen-bond donors (Lipinski definition) is 1. The third-order valence-corrected chi connectivity index (χ3v) is 3.79. The minimum atomic E-state index is 0. The van der Waals surface area contributed by atoms with Gasteiger partial charge in [-0.05, 0) is 36.1 Å². The first-order chi connectivity index (χ1) is 10.6. The Bertz CT molecular complexity index is 850. The van der Waals surface area contributed by atoms with Gasteiger partial charge in [-0.15, -0.1) is 12.4 Å². The maximum Gasteiger partial charge on any atom is 0.161 e. The molecule has 0 saturated carbocycles. The molecule has 1 heterocycles. The first kappa shape index (κ1) is 16.9. The molecule has 120 valence electrons. The van der Waals surface area contributed by atoms with E-state index >= 15 is 0 Å². The zero-order valence-corrected chi connectivity index (χ0v) is 14.1. The summed E-state index contributed by atoms with van der Waals surface area (Å²) in [6.07, 6.45) is 0. The average Bonchev–Trinajstić information content (AvgIpc) is 2.54. The summed E-state index contributed by atoms with van der Waals surface area (Å²) in [6, 6.07) is 13.9. The van der Waals surface area contributed by atoms with E-state index in [1.54, 1.807) is 14.2 Å². The highest BCUT2D eigenvalue weighted by molar-refractivity contribution is 5.96. The zero-order valence-electron chi connectivity index (χ0n) is 13.3. The van der Waals surface area contributed by atoms with Gasteiger partial charge < -0.3 is 15.2 Å². The molecule has 0 radical (unpaired) electrons. The minimum absolute atomic E-state index is 0. The highest BCUT2D eigenvalue weighted by Gasteiger charge is 2.12. The number of ether oxygens (including phenoxy) is 2. The van der Waals surface area contributed by atoms with Crippen LogP contribution in [0.4, 0.5) is 5.82 Å². The lowest BCUT2D eigenvalue weighted by Gasteiger charge is -2.12. The van der Waals surface area contributed by atoms with Gasteiger partial charge in [-0.2, -0.15) is 0 Å². The molecule has 0 fully saturated rings. The monoisotopic (exact) mass is 330 g/mol. The highest BCUT2D eigenvalue weighted by atomic mass is 35.5. The lowest BCUT2D eigenvalue weighted by atomic mass is 10.0. The number of rotatable bonds is 3. The summed E-state index contributed by atoms with van der Waals surface area (Å²) in [5.41, 5.74) is 9.25. The van der Waals surface area contributed by atoms with Crippen molar-refractivity contribution in [2.45, 2.75) is 6.92 Å². The van der Waals surface area contributed by atoms with Gasteiger partial charge in [0, 0.05) is 10.9 Å². The fraction of sp³-hybridized carbons (Fsp3) is 0.167. The lowest BCUT2D eigenvalue weighted by Crippen LogP contribution is -1.97. The summed E-state index contributed by atoms with van der Waals surface area (Å²) in [4.78, 5) is 4.54. The Labute approximate surface area is 141 Å². The summed E-state index contributed by atoms with van der Waals surface area (Å²) in [5, 5.41) is 1.83. The molecule has 0 bridgehead atoms. The highest BCUT2D eigenvalue weighted by Crippen LogP contribution is 2.36. The molecule has 5 heteroatoms. The molecule has 1 aromatic heterocycles. The summed E-state index contributed by atoms with van der Waals surface area (Å²) in [5.74, 6) is 1.81. The SMILES string of the molecule is COc1cc2cc(-c3ccccc3C)nc(N)c2cc1OC.Cl. The van der Waals surface area contributed by atoms with Crippen molar-refractivity contribution in [3.05, 3.63) is 48.0 Å². The van der Waals surface area contributed by atoms with Gasteiger partial charge in [0.05, 0.1) is 19.9 Å². The number of aromatic nitrogens is 1. The largest absolute Gasteiger partial charge is 0.493 e. The van der Waals surface area contributed by atoms with E-state index in [1.807, 2.05) is 36.4 Å². The van der Waals surface area contributed by atoms with Crippen LogP contribution in [0.15, 0.2) is 42.5 Å². The van der Waals surface area contributed by atoms with E-state index in [0.717, 1.165) is 27.6 Å². The Kier molecular flexibility index (Phi) is 4.96. The van der Waals surface area contributed by atoms with Crippen LogP contribution < -0.4 is 15.2 Å². The minimum Gasteiger partial charge on any atom is -0.493 e. The molecule has 3 aromatic rings. The number of pyridine rings is 1. The second-order valence-electron chi connectivity index (χ2n) is 5.14. The molecular formula is C18H19ClN2O2. The van der Waals surface area contributed by atoms with Gasteiger partial charge in [0.25, 0.3) is 0 Å². The number of methoxy groups -OCH3 is 2. The molecule has 4 nitrogen and oxygen atoms in total. The molecule has 23 heavy (non-hydrogen) atoms. The van der Waals surface area contributed by atoms with Crippen LogP contribution in [0.5, 0.6) is 11.5 Å². The summed E-state index contributed by atoms with van der Waals surface area (Å²) in [6.45, 7) is 2.06. The summed E-state index contributed by atoms with van der Waals surface area (Å²) in [7, 11) is 3.23. The fourth-order valence-electron chi connectivity index (χ4n) is 2.60. The second kappa shape index (κ2) is 6.75. The maximum absolute atomic E-state index is 6.15. The summed E-state index contributed by atoms with van der Waals surface area (Å²) >= 11 is 0. The number of halogens is 1. The number of fused-ring (bicyclic) bond motifs is 1. The van der Waals surface area contributed by atoms with E-state index in [-0.39, 0.29) is 12.4 Å². The number of hydrogen-bond acceptors (Lipinski definition) is 4. The number of aryl methyl sites for hydroxylation is 1. The number of nitrogen functional groups attached to an aromatic ring is 1. The van der Waals surface area contributed by atoms with Crippen LogP contribution in [0.1, 0.15) is 5.56 Å². The molecule has 0 aliphatic carbocycles. The van der Waals surface area contributed by atoms with Crippen molar-refractivity contribution < 1.29 is 9.47 Å². The van der Waals surface area contributed by atoms with Crippen molar-refractivity contribution >= 4 is 29.0 Å². The van der Waals surface area contributed by atoms with E-state index in [0.29, 0.717) is 17.3 Å². The third kappa shape index (κ3) is 3.03. The molecule has 0 unspecified atom stereocenters. The fourth-order valence-corrected chi connectivity index (χ4v) is 2.60. The van der Waals surface area contributed by atoms with Crippen molar-refractivity contribution in [1.82, 2.24) is 4.98 Å². The van der Waals surface area contributed by atoms with E-state index < -0.39 is 0 Å². The molecule has 3 rings (SSSR count). The molecule has 2 aromatic carbocycles. The Morgan fingerprint density at radius 1 is 0.957 bits per heavy atom. The van der Waals surface area contributed by atoms with Crippen molar-refractivity contribution in [2.75, 3.05) is 20.0 Å². The topological polar surface area (TPSA) is 57.4 Å². The third-order valence-electron chi connectivity index (χ3n) is 3.79. The van der Waals surface area contributed by atoms with Crippen molar-refractivity contribution in [3.8, 4) is 22.8 Å². The van der Waals surface area contributed by atoms with Crippen LogP contribution in [-0.4, -0.2) is 19.2 Å². The van der Waals surface area contributed by atoms with Gasteiger partial charge in [-0.1, -0.05) is 24.3 Å². The predicted octanol–water partition coefficient (Wildman–Crippen LogP) is 4.23. The van der Waals surface area contributed by atoms with E-state index in [2.05, 4.69) is 18.0 Å².